The van der Waals surface area contributed by atoms with Crippen molar-refractivity contribution < 1.29 is 14.4 Å². The molecule has 0 aliphatic carbocycles. The number of carbonyl (C=O) groups is 3. The van der Waals surface area contributed by atoms with E-state index in [1.807, 2.05) is 31.2 Å². The zero-order chi connectivity index (χ0) is 18.7. The molecule has 2 aromatic rings. The number of nitrogens with zero attached hydrogens (tertiary/aromatic N) is 2. The van der Waals surface area contributed by atoms with Crippen LogP contribution in [-0.2, 0) is 27.2 Å². The topological polar surface area (TPSA) is 105 Å². The van der Waals surface area contributed by atoms with Gasteiger partial charge in [-0.1, -0.05) is 25.1 Å². The summed E-state index contributed by atoms with van der Waals surface area (Å²) in [6, 6.07) is 7.74. The van der Waals surface area contributed by atoms with Gasteiger partial charge in [-0.3, -0.25) is 14.4 Å². The number of primary amides is 1. The Labute approximate surface area is 155 Å². The Kier molecular flexibility index (Phi) is 5.32. The highest BCUT2D eigenvalue weighted by atomic mass is 32.1. The molecule has 1 saturated heterocycles. The van der Waals surface area contributed by atoms with Gasteiger partial charge in [-0.05, 0) is 18.1 Å². The molecule has 3 N–H and O–H groups in total. The molecule has 3 rings (SSSR count). The molecular formula is C18H20N4O3S. The van der Waals surface area contributed by atoms with Crippen LogP contribution in [0.15, 0.2) is 29.6 Å². The molecule has 0 spiro atoms. The van der Waals surface area contributed by atoms with Gasteiger partial charge in [-0.15, -0.1) is 11.3 Å². The molecule has 0 radical (unpaired) electrons. The van der Waals surface area contributed by atoms with Crippen molar-refractivity contribution in [2.45, 2.75) is 26.2 Å². The van der Waals surface area contributed by atoms with E-state index < -0.39 is 11.8 Å². The van der Waals surface area contributed by atoms with Gasteiger partial charge in [-0.2, -0.15) is 0 Å². The fourth-order valence-electron chi connectivity index (χ4n) is 3.02. The second kappa shape index (κ2) is 7.65. The lowest BCUT2D eigenvalue weighted by atomic mass is 10.1. The molecule has 26 heavy (non-hydrogen) atoms. The molecule has 1 aliphatic heterocycles. The minimum Gasteiger partial charge on any atom is -0.369 e. The van der Waals surface area contributed by atoms with Crippen LogP contribution in [-0.4, -0.2) is 29.3 Å². The lowest BCUT2D eigenvalue weighted by Gasteiger charge is -2.19. The Morgan fingerprint density at radius 1 is 1.38 bits per heavy atom. The predicted octanol–water partition coefficient (Wildman–Crippen LogP) is 1.72. The van der Waals surface area contributed by atoms with Crippen molar-refractivity contribution in [3.05, 3.63) is 40.9 Å². The van der Waals surface area contributed by atoms with Gasteiger partial charge in [0.1, 0.15) is 0 Å². The molecule has 8 heteroatoms. The number of rotatable bonds is 6. The summed E-state index contributed by atoms with van der Waals surface area (Å²) in [6.07, 6.45) is 1.03. The smallest absolute Gasteiger partial charge is 0.231 e. The first-order valence-electron chi connectivity index (χ1n) is 8.39. The summed E-state index contributed by atoms with van der Waals surface area (Å²) in [7, 11) is 0. The van der Waals surface area contributed by atoms with Crippen molar-refractivity contribution in [1.29, 1.82) is 0 Å². The van der Waals surface area contributed by atoms with E-state index in [4.69, 9.17) is 5.73 Å². The van der Waals surface area contributed by atoms with Gasteiger partial charge in [0.2, 0.25) is 17.7 Å². The van der Waals surface area contributed by atoms with Gasteiger partial charge in [0, 0.05) is 24.0 Å². The van der Waals surface area contributed by atoms with Crippen LogP contribution in [0.4, 0.5) is 10.8 Å². The summed E-state index contributed by atoms with van der Waals surface area (Å²) in [5, 5.41) is 4.83. The van der Waals surface area contributed by atoms with Crippen LogP contribution in [0.1, 0.15) is 24.6 Å². The minimum atomic E-state index is -0.472. The maximum atomic E-state index is 12.5. The number of carbonyl (C=O) groups excluding carboxylic acids is 3. The van der Waals surface area contributed by atoms with Crippen molar-refractivity contribution in [2.75, 3.05) is 16.8 Å². The van der Waals surface area contributed by atoms with Crippen molar-refractivity contribution in [2.24, 2.45) is 11.7 Å². The fourth-order valence-corrected chi connectivity index (χ4v) is 3.73. The molecule has 0 saturated carbocycles. The van der Waals surface area contributed by atoms with Crippen LogP contribution in [0, 0.1) is 5.92 Å². The third kappa shape index (κ3) is 3.91. The summed E-state index contributed by atoms with van der Waals surface area (Å²) in [5.41, 5.74) is 7.62. The predicted molar refractivity (Wildman–Crippen MR) is 99.9 cm³/mol. The second-order valence-electron chi connectivity index (χ2n) is 6.16. The molecule has 1 fully saturated rings. The zero-order valence-corrected chi connectivity index (χ0v) is 15.2. The molecule has 1 aromatic heterocycles. The molecule has 0 bridgehead atoms. The standard InChI is InChI=1S/C18H20N4O3S/c1-2-11-5-3-4-6-14(11)22-9-12(7-16(22)24)17(25)21-18-20-13(10-26-18)8-15(19)23/h3-6,10,12H,2,7-9H2,1H3,(H2,19,23)(H,20,21,25)/t12-/m1/s1. The number of hydrogen-bond donors (Lipinski definition) is 2. The Balaban J connectivity index is 1.67. The quantitative estimate of drug-likeness (QED) is 0.805. The third-order valence-corrected chi connectivity index (χ3v) is 5.10. The first-order chi connectivity index (χ1) is 12.5. The first-order valence-corrected chi connectivity index (χ1v) is 9.27. The Morgan fingerprint density at radius 3 is 2.88 bits per heavy atom. The Morgan fingerprint density at radius 2 is 2.15 bits per heavy atom. The lowest BCUT2D eigenvalue weighted by Crippen LogP contribution is -2.28. The number of aromatic nitrogens is 1. The van der Waals surface area contributed by atoms with E-state index in [1.54, 1.807) is 10.3 Å². The maximum absolute atomic E-state index is 12.5. The number of benzene rings is 1. The van der Waals surface area contributed by atoms with Crippen molar-refractivity contribution in [3.8, 4) is 0 Å². The summed E-state index contributed by atoms with van der Waals surface area (Å²) in [5.74, 6) is -1.20. The number of anilines is 2. The molecule has 1 aliphatic rings. The van der Waals surface area contributed by atoms with Crippen molar-refractivity contribution >= 4 is 39.9 Å². The number of thiazole rings is 1. The number of hydrogen-bond acceptors (Lipinski definition) is 5. The highest BCUT2D eigenvalue weighted by Gasteiger charge is 2.36. The van der Waals surface area contributed by atoms with Crippen molar-refractivity contribution in [1.82, 2.24) is 4.98 Å². The van der Waals surface area contributed by atoms with Crippen LogP contribution in [0.5, 0.6) is 0 Å². The van der Waals surface area contributed by atoms with E-state index in [0.29, 0.717) is 17.4 Å². The largest absolute Gasteiger partial charge is 0.369 e. The normalized spacial score (nSPS) is 16.7. The fraction of sp³-hybridized carbons (Fsp3) is 0.333. The van der Waals surface area contributed by atoms with Crippen LogP contribution >= 0.6 is 11.3 Å². The SMILES string of the molecule is CCc1ccccc1N1C[C@H](C(=O)Nc2nc(CC(N)=O)cs2)CC1=O. The Hall–Kier alpha value is -2.74. The van der Waals surface area contributed by atoms with Gasteiger partial charge < -0.3 is 16.0 Å². The van der Waals surface area contributed by atoms with Gasteiger partial charge in [-0.25, -0.2) is 4.98 Å². The van der Waals surface area contributed by atoms with Crippen LogP contribution in [0.25, 0.3) is 0 Å². The van der Waals surface area contributed by atoms with Crippen molar-refractivity contribution in [3.63, 3.8) is 0 Å². The highest BCUT2D eigenvalue weighted by molar-refractivity contribution is 7.13. The number of nitrogens with two attached hydrogens (primary N) is 1. The maximum Gasteiger partial charge on any atom is 0.231 e. The van der Waals surface area contributed by atoms with E-state index >= 15 is 0 Å². The zero-order valence-electron chi connectivity index (χ0n) is 14.4. The van der Waals surface area contributed by atoms with Gasteiger partial charge in [0.15, 0.2) is 5.13 Å². The highest BCUT2D eigenvalue weighted by Crippen LogP contribution is 2.29. The summed E-state index contributed by atoms with van der Waals surface area (Å²) >= 11 is 1.23. The van der Waals surface area contributed by atoms with E-state index in [2.05, 4.69) is 10.3 Å². The molecule has 7 nitrogen and oxygen atoms in total. The van der Waals surface area contributed by atoms with Gasteiger partial charge in [0.25, 0.3) is 0 Å². The summed E-state index contributed by atoms with van der Waals surface area (Å²) in [6.45, 7) is 2.39. The second-order valence-corrected chi connectivity index (χ2v) is 7.02. The van der Waals surface area contributed by atoms with Crippen LogP contribution in [0.2, 0.25) is 0 Å². The number of amides is 3. The van der Waals surface area contributed by atoms with E-state index in [0.717, 1.165) is 17.7 Å². The number of aryl methyl sites for hydroxylation is 1. The molecule has 1 atom stereocenters. The Bertz CT molecular complexity index is 848. The molecule has 136 valence electrons. The molecule has 1 aromatic carbocycles. The minimum absolute atomic E-state index is 0.0376. The van der Waals surface area contributed by atoms with E-state index in [1.165, 1.54) is 11.3 Å². The summed E-state index contributed by atoms with van der Waals surface area (Å²) < 4.78 is 0. The average Bonchev–Trinajstić information content (AvgIpc) is 3.20. The lowest BCUT2D eigenvalue weighted by molar-refractivity contribution is -0.122. The first kappa shape index (κ1) is 18.1. The van der Waals surface area contributed by atoms with E-state index in [9.17, 15) is 14.4 Å². The average molecular weight is 372 g/mol. The molecular weight excluding hydrogens is 352 g/mol. The molecule has 0 unspecified atom stereocenters. The van der Waals surface area contributed by atoms with Gasteiger partial charge in [0.05, 0.1) is 18.0 Å². The molecule has 2 heterocycles. The monoisotopic (exact) mass is 372 g/mol. The van der Waals surface area contributed by atoms with Gasteiger partial charge >= 0.3 is 0 Å². The number of nitrogens with one attached hydrogen (secondary N) is 1. The van der Waals surface area contributed by atoms with Crippen LogP contribution < -0.4 is 16.0 Å². The van der Waals surface area contributed by atoms with Crippen LogP contribution in [0.3, 0.4) is 0 Å². The number of para-hydroxylation sites is 1. The van der Waals surface area contributed by atoms with E-state index in [-0.39, 0.29) is 24.7 Å². The summed E-state index contributed by atoms with van der Waals surface area (Å²) in [4.78, 5) is 41.7. The molecule has 3 amide bonds. The third-order valence-electron chi connectivity index (χ3n) is 4.30.